The van der Waals surface area contributed by atoms with E-state index in [2.05, 4.69) is 10.6 Å². The van der Waals surface area contributed by atoms with Gasteiger partial charge in [0.25, 0.3) is 0 Å². The number of sulfone groups is 1. The van der Waals surface area contributed by atoms with Crippen LogP contribution in [-0.4, -0.2) is 68.9 Å². The van der Waals surface area contributed by atoms with E-state index in [0.29, 0.717) is 13.1 Å². The van der Waals surface area contributed by atoms with E-state index >= 15 is 0 Å². The fraction of sp³-hybridized carbons (Fsp3) is 0.818. The topological polar surface area (TPSA) is 95.6 Å². The molecule has 1 saturated heterocycles. The molecule has 1 aliphatic rings. The molecule has 0 spiro atoms. The minimum absolute atomic E-state index is 0.169. The Labute approximate surface area is 113 Å². The third-order valence-corrected chi connectivity index (χ3v) is 5.38. The van der Waals surface area contributed by atoms with Crippen LogP contribution in [0.4, 0.5) is 0 Å². The molecule has 0 aliphatic carbocycles. The van der Waals surface area contributed by atoms with Crippen LogP contribution in [0.15, 0.2) is 0 Å². The summed E-state index contributed by atoms with van der Waals surface area (Å²) in [6.07, 6.45) is 1.00. The van der Waals surface area contributed by atoms with Crippen LogP contribution in [0.2, 0.25) is 0 Å². The first kappa shape index (κ1) is 15.9. The second-order valence-electron chi connectivity index (χ2n) is 5.10. The maximum atomic E-state index is 11.8. The molecule has 1 rings (SSSR count). The van der Waals surface area contributed by atoms with Crippen molar-refractivity contribution in [2.24, 2.45) is 0 Å². The lowest BCUT2D eigenvalue weighted by Gasteiger charge is -2.28. The Morgan fingerprint density at radius 2 is 1.79 bits per heavy atom. The summed E-state index contributed by atoms with van der Waals surface area (Å²) >= 11 is 0. The van der Waals surface area contributed by atoms with Gasteiger partial charge < -0.3 is 15.5 Å². The Kier molecular flexibility index (Phi) is 4.92. The average molecular weight is 291 g/mol. The molecule has 0 aromatic carbocycles. The summed E-state index contributed by atoms with van der Waals surface area (Å²) in [6, 6.07) is 0. The van der Waals surface area contributed by atoms with Crippen molar-refractivity contribution in [1.29, 1.82) is 0 Å². The predicted molar refractivity (Wildman–Crippen MR) is 71.4 cm³/mol. The first-order valence-electron chi connectivity index (χ1n) is 6.12. The maximum absolute atomic E-state index is 11.8. The highest BCUT2D eigenvalue weighted by Crippen LogP contribution is 2.14. The van der Waals surface area contributed by atoms with E-state index in [4.69, 9.17) is 0 Å². The second-order valence-corrected chi connectivity index (χ2v) is 7.66. The molecule has 0 bridgehead atoms. The van der Waals surface area contributed by atoms with Gasteiger partial charge in [0.2, 0.25) is 11.8 Å². The molecule has 2 N–H and O–H groups in total. The molecule has 1 heterocycles. The Balaban J connectivity index is 2.52. The summed E-state index contributed by atoms with van der Waals surface area (Å²) < 4.78 is 21.4. The molecule has 19 heavy (non-hydrogen) atoms. The molecule has 1 fully saturated rings. The molecule has 8 heteroatoms. The fourth-order valence-corrected chi connectivity index (χ4v) is 1.97. The predicted octanol–water partition coefficient (Wildman–Crippen LogP) is -1.64. The zero-order valence-electron chi connectivity index (χ0n) is 11.5. The Morgan fingerprint density at radius 3 is 2.26 bits per heavy atom. The van der Waals surface area contributed by atoms with Crippen LogP contribution in [0.25, 0.3) is 0 Å². The van der Waals surface area contributed by atoms with Crippen LogP contribution in [0.1, 0.15) is 13.8 Å². The summed E-state index contributed by atoms with van der Waals surface area (Å²) in [7, 11) is -3.52. The summed E-state index contributed by atoms with van der Waals surface area (Å²) in [6.45, 7) is 5.15. The number of carbonyl (C=O) groups is 2. The number of piperazine rings is 1. The van der Waals surface area contributed by atoms with Crippen LogP contribution < -0.4 is 10.6 Å². The minimum Gasteiger partial charge on any atom is -0.346 e. The van der Waals surface area contributed by atoms with Gasteiger partial charge in [0.1, 0.15) is 4.75 Å². The summed E-state index contributed by atoms with van der Waals surface area (Å²) in [5.74, 6) is -0.849. The molecule has 2 amide bonds. The number of nitrogens with zero attached hydrogens (tertiary/aromatic N) is 1. The van der Waals surface area contributed by atoms with Gasteiger partial charge in [-0.2, -0.15) is 0 Å². The number of rotatable bonds is 4. The van der Waals surface area contributed by atoms with Gasteiger partial charge in [-0.15, -0.1) is 0 Å². The van der Waals surface area contributed by atoms with Gasteiger partial charge in [-0.25, -0.2) is 8.42 Å². The number of hydrogen-bond acceptors (Lipinski definition) is 5. The summed E-state index contributed by atoms with van der Waals surface area (Å²) in [4.78, 5) is 25.3. The average Bonchev–Trinajstić information content (AvgIpc) is 2.35. The van der Waals surface area contributed by atoms with E-state index in [1.807, 2.05) is 0 Å². The van der Waals surface area contributed by atoms with E-state index < -0.39 is 20.5 Å². The van der Waals surface area contributed by atoms with Gasteiger partial charge in [-0.1, -0.05) is 0 Å². The van der Waals surface area contributed by atoms with Crippen molar-refractivity contribution >= 4 is 21.7 Å². The normalized spacial score (nSPS) is 17.1. The van der Waals surface area contributed by atoms with Gasteiger partial charge in [0.05, 0.1) is 6.54 Å². The van der Waals surface area contributed by atoms with Crippen molar-refractivity contribution in [3.05, 3.63) is 0 Å². The standard InChI is InChI=1S/C11H21N3O4S/c1-11(2,19(3,17)18)10(16)13-8-9(15)14-6-4-12-5-7-14/h12H,4-8H2,1-3H3,(H,13,16). The third kappa shape index (κ3) is 3.90. The van der Waals surface area contributed by atoms with Gasteiger partial charge in [0, 0.05) is 32.4 Å². The molecule has 0 aromatic rings. The number of nitrogens with one attached hydrogen (secondary N) is 2. The van der Waals surface area contributed by atoms with Crippen molar-refractivity contribution in [3.63, 3.8) is 0 Å². The van der Waals surface area contributed by atoms with Crippen LogP contribution in [0, 0.1) is 0 Å². The Morgan fingerprint density at radius 1 is 1.26 bits per heavy atom. The van der Waals surface area contributed by atoms with Gasteiger partial charge in [0.15, 0.2) is 9.84 Å². The van der Waals surface area contributed by atoms with E-state index in [0.717, 1.165) is 19.3 Å². The molecule has 0 atom stereocenters. The largest absolute Gasteiger partial charge is 0.346 e. The Hall–Kier alpha value is -1.15. The molecular formula is C11H21N3O4S. The lowest BCUT2D eigenvalue weighted by molar-refractivity contribution is -0.133. The quantitative estimate of drug-likeness (QED) is 0.647. The SMILES string of the molecule is CC(C)(C(=O)NCC(=O)N1CCNCC1)S(C)(=O)=O. The zero-order valence-corrected chi connectivity index (χ0v) is 12.3. The lowest BCUT2D eigenvalue weighted by Crippen LogP contribution is -2.53. The molecule has 110 valence electrons. The van der Waals surface area contributed by atoms with Crippen molar-refractivity contribution in [1.82, 2.24) is 15.5 Å². The van der Waals surface area contributed by atoms with Gasteiger partial charge in [-0.3, -0.25) is 9.59 Å². The smallest absolute Gasteiger partial charge is 0.242 e. The first-order valence-corrected chi connectivity index (χ1v) is 8.02. The van der Waals surface area contributed by atoms with E-state index in [-0.39, 0.29) is 12.5 Å². The van der Waals surface area contributed by atoms with E-state index in [1.165, 1.54) is 13.8 Å². The highest BCUT2D eigenvalue weighted by atomic mass is 32.2. The molecular weight excluding hydrogens is 270 g/mol. The van der Waals surface area contributed by atoms with Crippen LogP contribution in [0.5, 0.6) is 0 Å². The molecule has 0 unspecified atom stereocenters. The zero-order chi connectivity index (χ0) is 14.7. The highest BCUT2D eigenvalue weighted by molar-refractivity contribution is 7.92. The molecule has 1 aliphatic heterocycles. The second kappa shape index (κ2) is 5.87. The van der Waals surface area contributed by atoms with Crippen molar-refractivity contribution in [2.45, 2.75) is 18.6 Å². The highest BCUT2D eigenvalue weighted by Gasteiger charge is 2.38. The number of hydrogen-bond donors (Lipinski definition) is 2. The van der Waals surface area contributed by atoms with Crippen molar-refractivity contribution in [2.75, 3.05) is 39.0 Å². The van der Waals surface area contributed by atoms with E-state index in [9.17, 15) is 18.0 Å². The summed E-state index contributed by atoms with van der Waals surface area (Å²) in [5, 5.41) is 5.51. The lowest BCUT2D eigenvalue weighted by atomic mass is 10.2. The van der Waals surface area contributed by atoms with Crippen LogP contribution in [0.3, 0.4) is 0 Å². The monoisotopic (exact) mass is 291 g/mol. The first-order chi connectivity index (χ1) is 8.66. The number of amides is 2. The summed E-state index contributed by atoms with van der Waals surface area (Å²) in [5.41, 5.74) is 0. The number of carbonyl (C=O) groups excluding carboxylic acids is 2. The fourth-order valence-electron chi connectivity index (χ4n) is 1.56. The van der Waals surface area contributed by atoms with Crippen LogP contribution in [-0.2, 0) is 19.4 Å². The van der Waals surface area contributed by atoms with Crippen LogP contribution >= 0.6 is 0 Å². The van der Waals surface area contributed by atoms with Crippen molar-refractivity contribution in [3.8, 4) is 0 Å². The van der Waals surface area contributed by atoms with Gasteiger partial charge >= 0.3 is 0 Å². The van der Waals surface area contributed by atoms with Gasteiger partial charge in [-0.05, 0) is 13.8 Å². The molecule has 0 saturated carbocycles. The maximum Gasteiger partial charge on any atom is 0.242 e. The van der Waals surface area contributed by atoms with E-state index in [1.54, 1.807) is 4.90 Å². The Bertz CT molecular complexity index is 453. The molecule has 0 aromatic heterocycles. The molecule has 7 nitrogen and oxygen atoms in total. The third-order valence-electron chi connectivity index (χ3n) is 3.34. The van der Waals surface area contributed by atoms with Crippen molar-refractivity contribution < 1.29 is 18.0 Å². The minimum atomic E-state index is -3.52. The molecule has 0 radical (unpaired) electrons.